The largest absolute Gasteiger partial charge is 0.350 e. The van der Waals surface area contributed by atoms with Gasteiger partial charge in [-0.2, -0.15) is 0 Å². The number of carbonyl (C=O) groups is 2. The van der Waals surface area contributed by atoms with Crippen LogP contribution in [0.1, 0.15) is 35.8 Å². The van der Waals surface area contributed by atoms with Crippen LogP contribution in [-0.2, 0) is 4.79 Å². The molecule has 0 aliphatic carbocycles. The molecule has 1 unspecified atom stereocenters. The van der Waals surface area contributed by atoms with Crippen molar-refractivity contribution in [1.29, 1.82) is 0 Å². The van der Waals surface area contributed by atoms with Gasteiger partial charge in [0.1, 0.15) is 0 Å². The number of hydrogen-bond donors (Lipinski definition) is 2. The van der Waals surface area contributed by atoms with Gasteiger partial charge >= 0.3 is 0 Å². The Morgan fingerprint density at radius 2 is 1.71 bits per heavy atom. The monoisotopic (exact) mass is 282 g/mol. The molecule has 108 valence electrons. The van der Waals surface area contributed by atoms with Gasteiger partial charge in [-0.1, -0.05) is 30.3 Å². The zero-order valence-corrected chi connectivity index (χ0v) is 12.1. The molecule has 0 bridgehead atoms. The van der Waals surface area contributed by atoms with Gasteiger partial charge in [0.2, 0.25) is 5.91 Å². The third kappa shape index (κ3) is 4.18. The second-order valence-corrected chi connectivity index (χ2v) is 4.87. The molecule has 4 nitrogen and oxygen atoms in total. The summed E-state index contributed by atoms with van der Waals surface area (Å²) in [6, 6.07) is 16.4. The van der Waals surface area contributed by atoms with Gasteiger partial charge in [-0.15, -0.1) is 0 Å². The van der Waals surface area contributed by atoms with Crippen molar-refractivity contribution >= 4 is 17.5 Å². The molecule has 0 heterocycles. The number of carbonyl (C=O) groups excluding carboxylic acids is 2. The van der Waals surface area contributed by atoms with Gasteiger partial charge in [0.15, 0.2) is 0 Å². The summed E-state index contributed by atoms with van der Waals surface area (Å²) >= 11 is 0. The minimum Gasteiger partial charge on any atom is -0.350 e. The first-order chi connectivity index (χ1) is 10.1. The molecule has 4 heteroatoms. The summed E-state index contributed by atoms with van der Waals surface area (Å²) in [5.74, 6) is -0.235. The van der Waals surface area contributed by atoms with Gasteiger partial charge in [-0.3, -0.25) is 9.59 Å². The second kappa shape index (κ2) is 6.70. The second-order valence-electron chi connectivity index (χ2n) is 4.87. The highest BCUT2D eigenvalue weighted by molar-refractivity contribution is 6.04. The Balaban J connectivity index is 2.11. The Bertz CT molecular complexity index is 638. The van der Waals surface area contributed by atoms with Crippen LogP contribution in [0.25, 0.3) is 0 Å². The highest BCUT2D eigenvalue weighted by Gasteiger charge is 2.09. The van der Waals surface area contributed by atoms with E-state index < -0.39 is 0 Å². The molecule has 0 aliphatic heterocycles. The van der Waals surface area contributed by atoms with Crippen molar-refractivity contribution in [2.75, 3.05) is 5.32 Å². The number of hydrogen-bond acceptors (Lipinski definition) is 2. The Kier molecular flexibility index (Phi) is 4.72. The number of anilines is 1. The molecule has 21 heavy (non-hydrogen) atoms. The van der Waals surface area contributed by atoms with Crippen LogP contribution in [-0.4, -0.2) is 11.8 Å². The van der Waals surface area contributed by atoms with Crippen LogP contribution in [0, 0.1) is 0 Å². The number of rotatable bonds is 4. The summed E-state index contributed by atoms with van der Waals surface area (Å²) in [5, 5.41) is 5.67. The number of amides is 2. The van der Waals surface area contributed by atoms with Gasteiger partial charge in [-0.25, -0.2) is 0 Å². The van der Waals surface area contributed by atoms with E-state index in [1.807, 2.05) is 49.4 Å². The molecule has 2 amide bonds. The van der Waals surface area contributed by atoms with Gasteiger partial charge in [0.05, 0.1) is 6.04 Å². The molecule has 2 rings (SSSR count). The molecule has 1 atom stereocenters. The van der Waals surface area contributed by atoms with Crippen molar-refractivity contribution in [3.05, 3.63) is 65.7 Å². The van der Waals surface area contributed by atoms with E-state index in [0.29, 0.717) is 11.3 Å². The van der Waals surface area contributed by atoms with E-state index in [1.165, 1.54) is 6.92 Å². The first-order valence-electron chi connectivity index (χ1n) is 6.79. The average Bonchev–Trinajstić information content (AvgIpc) is 2.47. The lowest BCUT2D eigenvalue weighted by atomic mass is 10.1. The van der Waals surface area contributed by atoms with E-state index in [9.17, 15) is 9.59 Å². The van der Waals surface area contributed by atoms with Crippen LogP contribution >= 0.6 is 0 Å². The topological polar surface area (TPSA) is 58.2 Å². The quantitative estimate of drug-likeness (QED) is 0.905. The fourth-order valence-corrected chi connectivity index (χ4v) is 2.07. The maximum absolute atomic E-state index is 12.1. The summed E-state index contributed by atoms with van der Waals surface area (Å²) in [6.45, 7) is 3.39. The molecular formula is C17H18N2O2. The zero-order valence-electron chi connectivity index (χ0n) is 12.1. The third-order valence-corrected chi connectivity index (χ3v) is 3.10. The smallest absolute Gasteiger partial charge is 0.255 e. The molecular weight excluding hydrogens is 264 g/mol. The van der Waals surface area contributed by atoms with Crippen LogP contribution in [0.2, 0.25) is 0 Å². The Morgan fingerprint density at radius 1 is 1.00 bits per heavy atom. The highest BCUT2D eigenvalue weighted by atomic mass is 16.2. The van der Waals surface area contributed by atoms with Crippen LogP contribution in [0.15, 0.2) is 54.6 Å². The van der Waals surface area contributed by atoms with Crippen LogP contribution in [0.3, 0.4) is 0 Å². The maximum atomic E-state index is 12.1. The van der Waals surface area contributed by atoms with Crippen LogP contribution < -0.4 is 10.6 Å². The highest BCUT2D eigenvalue weighted by Crippen LogP contribution is 2.18. The molecule has 0 saturated carbocycles. The summed E-state index contributed by atoms with van der Waals surface area (Å²) < 4.78 is 0. The Morgan fingerprint density at radius 3 is 2.38 bits per heavy atom. The van der Waals surface area contributed by atoms with Crippen molar-refractivity contribution in [2.24, 2.45) is 0 Å². The lowest BCUT2D eigenvalue weighted by molar-refractivity contribution is -0.119. The zero-order chi connectivity index (χ0) is 15.2. The van der Waals surface area contributed by atoms with E-state index in [1.54, 1.807) is 12.1 Å². The van der Waals surface area contributed by atoms with Crippen molar-refractivity contribution < 1.29 is 9.59 Å². The molecule has 2 aromatic rings. The predicted molar refractivity (Wildman–Crippen MR) is 83.1 cm³/mol. The van der Waals surface area contributed by atoms with Crippen molar-refractivity contribution in [1.82, 2.24) is 5.32 Å². The molecule has 0 saturated heterocycles. The predicted octanol–water partition coefficient (Wildman–Crippen LogP) is 3.14. The van der Waals surface area contributed by atoms with Crippen LogP contribution in [0.4, 0.5) is 5.69 Å². The molecule has 0 radical (unpaired) electrons. The average molecular weight is 282 g/mol. The molecule has 2 N–H and O–H groups in total. The number of nitrogens with one attached hydrogen (secondary N) is 2. The molecule has 0 fully saturated rings. The molecule has 0 aromatic heterocycles. The van der Waals surface area contributed by atoms with Crippen LogP contribution in [0.5, 0.6) is 0 Å². The fraction of sp³-hybridized carbons (Fsp3) is 0.176. The fourth-order valence-electron chi connectivity index (χ4n) is 2.07. The SMILES string of the molecule is CC(=O)NC(C)c1cccc(NC(=O)c2ccccc2)c1. The number of benzene rings is 2. The standard InChI is InChI=1S/C17H18N2O2/c1-12(18-13(2)20)15-9-6-10-16(11-15)19-17(21)14-7-4-3-5-8-14/h3-12H,1-2H3,(H,18,20)(H,19,21). The van der Waals surface area contributed by atoms with Gasteiger partial charge in [0, 0.05) is 18.2 Å². The van der Waals surface area contributed by atoms with Crippen molar-refractivity contribution in [2.45, 2.75) is 19.9 Å². The third-order valence-electron chi connectivity index (χ3n) is 3.10. The summed E-state index contributed by atoms with van der Waals surface area (Å²) in [6.07, 6.45) is 0. The lowest BCUT2D eigenvalue weighted by Crippen LogP contribution is -2.23. The van der Waals surface area contributed by atoms with Gasteiger partial charge in [-0.05, 0) is 36.8 Å². The van der Waals surface area contributed by atoms with Crippen molar-refractivity contribution in [3.8, 4) is 0 Å². The molecule has 0 spiro atoms. The minimum absolute atomic E-state index is 0.0822. The van der Waals surface area contributed by atoms with E-state index in [0.717, 1.165) is 5.56 Å². The van der Waals surface area contributed by atoms with Crippen molar-refractivity contribution in [3.63, 3.8) is 0 Å². The normalized spacial score (nSPS) is 11.5. The summed E-state index contributed by atoms with van der Waals surface area (Å²) in [4.78, 5) is 23.2. The summed E-state index contributed by atoms with van der Waals surface area (Å²) in [7, 11) is 0. The maximum Gasteiger partial charge on any atom is 0.255 e. The van der Waals surface area contributed by atoms with Gasteiger partial charge < -0.3 is 10.6 Å². The summed E-state index contributed by atoms with van der Waals surface area (Å²) in [5.41, 5.74) is 2.26. The van der Waals surface area contributed by atoms with Gasteiger partial charge in [0.25, 0.3) is 5.91 Å². The first kappa shape index (κ1) is 14.8. The molecule has 0 aliphatic rings. The minimum atomic E-state index is -0.153. The van der Waals surface area contributed by atoms with E-state index in [-0.39, 0.29) is 17.9 Å². The Labute approximate surface area is 124 Å². The van der Waals surface area contributed by atoms with E-state index in [4.69, 9.17) is 0 Å². The first-order valence-corrected chi connectivity index (χ1v) is 6.79. The van der Waals surface area contributed by atoms with E-state index >= 15 is 0 Å². The van der Waals surface area contributed by atoms with E-state index in [2.05, 4.69) is 10.6 Å². The molecule has 2 aromatic carbocycles. The lowest BCUT2D eigenvalue weighted by Gasteiger charge is -2.14. The Hall–Kier alpha value is -2.62.